The van der Waals surface area contributed by atoms with E-state index < -0.39 is 5.82 Å². The summed E-state index contributed by atoms with van der Waals surface area (Å²) in [5.41, 5.74) is 9.61. The van der Waals surface area contributed by atoms with Crippen LogP contribution in [0.4, 0.5) is 15.8 Å². The second-order valence-corrected chi connectivity index (χ2v) is 11.0. The zero-order valence-electron chi connectivity index (χ0n) is 28.8. The molecule has 0 heterocycles. The molecule has 0 spiro atoms. The number of anilines is 2. The second-order valence-electron chi connectivity index (χ2n) is 11.0. The Kier molecular flexibility index (Phi) is 18.4. The fraction of sp³-hybridized carbons (Fsp3) is 0.432. The van der Waals surface area contributed by atoms with E-state index in [0.29, 0.717) is 41.4 Å². The van der Waals surface area contributed by atoms with Gasteiger partial charge in [-0.1, -0.05) is 44.9 Å². The first-order valence-electron chi connectivity index (χ1n) is 15.8. The molecule has 0 bridgehead atoms. The molecule has 0 aliphatic rings. The maximum atomic E-state index is 14.5. The van der Waals surface area contributed by atoms with Crippen LogP contribution in [-0.2, 0) is 9.59 Å². The zero-order chi connectivity index (χ0) is 34.6. The summed E-state index contributed by atoms with van der Waals surface area (Å²) in [5.74, 6) is 0.615. The Morgan fingerprint density at radius 2 is 1.91 bits per heavy atom. The highest BCUT2D eigenvalue weighted by Crippen LogP contribution is 2.36. The minimum atomic E-state index is -0.648. The van der Waals surface area contributed by atoms with Crippen molar-refractivity contribution in [2.75, 3.05) is 50.6 Å². The van der Waals surface area contributed by atoms with Crippen LogP contribution in [0.15, 0.2) is 65.9 Å². The highest BCUT2D eigenvalue weighted by molar-refractivity contribution is 5.99. The summed E-state index contributed by atoms with van der Waals surface area (Å²) < 4.78 is 20.2. The van der Waals surface area contributed by atoms with Crippen molar-refractivity contribution in [3.05, 3.63) is 82.8 Å². The number of nitrogens with two attached hydrogens (primary N) is 1. The van der Waals surface area contributed by atoms with Crippen molar-refractivity contribution in [3.8, 4) is 11.8 Å². The number of nitrogens with zero attached hydrogens (tertiary/aromatic N) is 3. The first-order valence-corrected chi connectivity index (χ1v) is 15.8. The van der Waals surface area contributed by atoms with E-state index >= 15 is 0 Å². The van der Waals surface area contributed by atoms with Gasteiger partial charge in [-0.2, -0.15) is 5.26 Å². The average Bonchev–Trinajstić information content (AvgIpc) is 3.06. The standard InChI is InChI=1S/C27H31FN4O3.C10H21N/c1-6-20(19(2)34)16-26(21-7-8-22(18-29)24(28)15-21)31(4)25-10-9-23(17-27(25)35-5)32(13-14-33)12-11-30-3;1-4-9(3)7-6-8-10(11)5-2/h6-10,14-17,30H,11-13H2,1-5H3;5,9H,4,6-8,11H2,1-3H3/b20-6+,26-16-;10-5+. The fourth-order valence-electron chi connectivity index (χ4n) is 4.61. The van der Waals surface area contributed by atoms with Gasteiger partial charge in [-0.3, -0.25) is 4.79 Å². The normalized spacial score (nSPS) is 12.4. The predicted octanol–water partition coefficient (Wildman–Crippen LogP) is 7.01. The van der Waals surface area contributed by atoms with Crippen LogP contribution in [0.3, 0.4) is 0 Å². The first kappa shape index (κ1) is 39.6. The quantitative estimate of drug-likeness (QED) is 0.109. The Morgan fingerprint density at radius 1 is 1.20 bits per heavy atom. The summed E-state index contributed by atoms with van der Waals surface area (Å²) in [6.07, 6.45) is 11.1. The van der Waals surface area contributed by atoms with Crippen LogP contribution in [0.5, 0.6) is 5.75 Å². The van der Waals surface area contributed by atoms with Gasteiger partial charge in [0.2, 0.25) is 0 Å². The third-order valence-electron chi connectivity index (χ3n) is 7.80. The highest BCUT2D eigenvalue weighted by atomic mass is 19.1. The molecular weight excluding hydrogens is 581 g/mol. The number of Topliss-reactive ketones (excluding diaryl/α,β-unsaturated/α-hetero) is 1. The summed E-state index contributed by atoms with van der Waals surface area (Å²) in [4.78, 5) is 27.1. The molecule has 2 aromatic rings. The number of ketones is 1. The van der Waals surface area contributed by atoms with Crippen molar-refractivity contribution < 1.29 is 18.7 Å². The van der Waals surface area contributed by atoms with E-state index in [9.17, 15) is 14.0 Å². The topological polar surface area (TPSA) is 112 Å². The minimum Gasteiger partial charge on any atom is -0.494 e. The summed E-state index contributed by atoms with van der Waals surface area (Å²) in [7, 11) is 5.18. The molecule has 0 saturated carbocycles. The van der Waals surface area contributed by atoms with Crippen molar-refractivity contribution >= 4 is 29.1 Å². The number of aldehydes is 1. The molecule has 250 valence electrons. The Balaban J connectivity index is 0.000000818. The van der Waals surface area contributed by atoms with Crippen LogP contribution in [0, 0.1) is 23.1 Å². The number of methoxy groups -OCH3 is 1. The van der Waals surface area contributed by atoms with Crippen molar-refractivity contribution in [2.45, 2.75) is 60.3 Å². The molecule has 0 aliphatic carbocycles. The third-order valence-corrected chi connectivity index (χ3v) is 7.80. The Hall–Kier alpha value is -4.42. The van der Waals surface area contributed by atoms with Crippen LogP contribution >= 0.6 is 0 Å². The molecule has 3 N–H and O–H groups in total. The molecule has 8 nitrogen and oxygen atoms in total. The first-order chi connectivity index (χ1) is 22.0. The summed E-state index contributed by atoms with van der Waals surface area (Å²) in [5, 5.41) is 12.2. The lowest BCUT2D eigenvalue weighted by atomic mass is 10.0. The smallest absolute Gasteiger partial charge is 0.159 e. The fourth-order valence-corrected chi connectivity index (χ4v) is 4.61. The van der Waals surface area contributed by atoms with Crippen molar-refractivity contribution in [2.24, 2.45) is 11.7 Å². The van der Waals surface area contributed by atoms with Crippen molar-refractivity contribution in [1.29, 1.82) is 5.26 Å². The lowest BCUT2D eigenvalue weighted by molar-refractivity contribution is -0.113. The number of benzene rings is 2. The second kappa shape index (κ2) is 21.3. The van der Waals surface area contributed by atoms with E-state index in [4.69, 9.17) is 15.7 Å². The van der Waals surface area contributed by atoms with Gasteiger partial charge in [0, 0.05) is 54.4 Å². The lowest BCUT2D eigenvalue weighted by Crippen LogP contribution is -2.32. The molecular formula is C37H52FN5O3. The Bertz CT molecular complexity index is 1410. The SMILES string of the molecule is C/C=C(/N)CCCC(C)CC.C/C=C(\C=C(\c1ccc(C#N)c(F)c1)N(C)c1ccc(N(CC=O)CCNC)cc1OC)C(C)=O. The van der Waals surface area contributed by atoms with Gasteiger partial charge < -0.3 is 30.4 Å². The molecule has 2 aromatic carbocycles. The molecule has 0 saturated heterocycles. The molecule has 0 amide bonds. The number of hydrogen-bond acceptors (Lipinski definition) is 8. The number of halogens is 1. The maximum Gasteiger partial charge on any atom is 0.159 e. The van der Waals surface area contributed by atoms with Crippen LogP contribution in [0.25, 0.3) is 5.70 Å². The van der Waals surface area contributed by atoms with Gasteiger partial charge in [-0.05, 0) is 76.9 Å². The predicted molar refractivity (Wildman–Crippen MR) is 188 cm³/mol. The molecule has 9 heteroatoms. The van der Waals surface area contributed by atoms with Crippen LogP contribution in [-0.4, -0.2) is 52.9 Å². The number of rotatable bonds is 17. The third kappa shape index (κ3) is 12.5. The largest absolute Gasteiger partial charge is 0.494 e. The van der Waals surface area contributed by atoms with Gasteiger partial charge in [0.15, 0.2) is 5.78 Å². The van der Waals surface area contributed by atoms with Gasteiger partial charge in [0.1, 0.15) is 23.9 Å². The summed E-state index contributed by atoms with van der Waals surface area (Å²) >= 11 is 0. The molecule has 0 radical (unpaired) electrons. The van der Waals surface area contributed by atoms with Gasteiger partial charge in [0.05, 0.1) is 24.9 Å². The number of ether oxygens (including phenoxy) is 1. The van der Waals surface area contributed by atoms with Gasteiger partial charge in [0.25, 0.3) is 0 Å². The van der Waals surface area contributed by atoms with Crippen molar-refractivity contribution in [1.82, 2.24) is 5.32 Å². The maximum absolute atomic E-state index is 14.5. The molecule has 1 atom stereocenters. The molecule has 1 unspecified atom stereocenters. The number of carbonyl (C=O) groups is 2. The van der Waals surface area contributed by atoms with E-state index in [1.54, 1.807) is 44.2 Å². The van der Waals surface area contributed by atoms with E-state index in [1.165, 1.54) is 38.3 Å². The lowest BCUT2D eigenvalue weighted by Gasteiger charge is -2.28. The highest BCUT2D eigenvalue weighted by Gasteiger charge is 2.19. The number of nitriles is 1. The molecule has 2 rings (SSSR count). The van der Waals surface area contributed by atoms with E-state index in [-0.39, 0.29) is 17.9 Å². The molecule has 46 heavy (non-hydrogen) atoms. The van der Waals surface area contributed by atoms with Gasteiger partial charge in [-0.15, -0.1) is 0 Å². The van der Waals surface area contributed by atoms with Crippen LogP contribution in [0.1, 0.15) is 71.4 Å². The monoisotopic (exact) mass is 633 g/mol. The van der Waals surface area contributed by atoms with E-state index in [2.05, 4.69) is 19.2 Å². The molecule has 0 fully saturated rings. The number of allylic oxidation sites excluding steroid dienone is 5. The number of carbonyl (C=O) groups excluding carboxylic acids is 2. The van der Waals surface area contributed by atoms with Gasteiger partial charge in [-0.25, -0.2) is 4.39 Å². The molecule has 0 aliphatic heterocycles. The van der Waals surface area contributed by atoms with Gasteiger partial charge >= 0.3 is 0 Å². The molecule has 0 aromatic heterocycles. The number of likely N-dealkylation sites (N-methyl/N-ethyl adjacent to an activating group) is 1. The number of nitrogens with one attached hydrogen (secondary N) is 1. The Morgan fingerprint density at radius 3 is 2.43 bits per heavy atom. The Labute approximate surface area is 275 Å². The van der Waals surface area contributed by atoms with Crippen LogP contribution < -0.4 is 25.6 Å². The van der Waals surface area contributed by atoms with E-state index in [1.807, 2.05) is 49.2 Å². The summed E-state index contributed by atoms with van der Waals surface area (Å²) in [6.45, 7) is 11.3. The zero-order valence-corrected chi connectivity index (χ0v) is 28.8. The van der Waals surface area contributed by atoms with Crippen molar-refractivity contribution in [3.63, 3.8) is 0 Å². The van der Waals surface area contributed by atoms with E-state index in [0.717, 1.165) is 30.0 Å². The minimum absolute atomic E-state index is 0.0626. The van der Waals surface area contributed by atoms with Crippen LogP contribution in [0.2, 0.25) is 0 Å². The summed E-state index contributed by atoms with van der Waals surface area (Å²) in [6, 6.07) is 11.7. The number of hydrogen-bond donors (Lipinski definition) is 2. The average molecular weight is 634 g/mol.